The van der Waals surface area contributed by atoms with E-state index < -0.39 is 0 Å². The molecule has 0 aliphatic heterocycles. The molecule has 2 unspecified atom stereocenters. The minimum Gasteiger partial charge on any atom is -0.355 e. The summed E-state index contributed by atoms with van der Waals surface area (Å²) in [6.45, 7) is 6.83. The highest BCUT2D eigenvalue weighted by Crippen LogP contribution is 2.24. The summed E-state index contributed by atoms with van der Waals surface area (Å²) in [5, 5.41) is 3.04. The van der Waals surface area contributed by atoms with Crippen LogP contribution in [0.2, 0.25) is 0 Å². The SMILES string of the molecule is CCC(C)(C)C(=O)NCC1CCC(N)C1. The number of nitrogens with one attached hydrogen (secondary N) is 1. The van der Waals surface area contributed by atoms with Crippen LogP contribution >= 0.6 is 0 Å². The Morgan fingerprint density at radius 1 is 1.47 bits per heavy atom. The first-order valence-corrected chi connectivity index (χ1v) is 5.99. The molecule has 3 nitrogen and oxygen atoms in total. The molecule has 0 bridgehead atoms. The Morgan fingerprint density at radius 3 is 2.60 bits per heavy atom. The summed E-state index contributed by atoms with van der Waals surface area (Å²) in [7, 11) is 0. The predicted molar refractivity (Wildman–Crippen MR) is 62.4 cm³/mol. The van der Waals surface area contributed by atoms with Crippen LogP contribution in [0.5, 0.6) is 0 Å². The van der Waals surface area contributed by atoms with E-state index in [4.69, 9.17) is 5.73 Å². The van der Waals surface area contributed by atoms with Crippen molar-refractivity contribution in [3.63, 3.8) is 0 Å². The topological polar surface area (TPSA) is 55.1 Å². The molecule has 1 rings (SSSR count). The Kier molecular flexibility index (Phi) is 4.14. The van der Waals surface area contributed by atoms with E-state index in [1.165, 1.54) is 0 Å². The van der Waals surface area contributed by atoms with Crippen molar-refractivity contribution in [3.05, 3.63) is 0 Å². The summed E-state index contributed by atoms with van der Waals surface area (Å²) in [6.07, 6.45) is 4.21. The van der Waals surface area contributed by atoms with Crippen LogP contribution < -0.4 is 11.1 Å². The maximum Gasteiger partial charge on any atom is 0.225 e. The Bertz CT molecular complexity index is 226. The Labute approximate surface area is 92.8 Å². The Hall–Kier alpha value is -0.570. The van der Waals surface area contributed by atoms with Crippen LogP contribution in [0.3, 0.4) is 0 Å². The van der Waals surface area contributed by atoms with Gasteiger partial charge in [-0.3, -0.25) is 4.79 Å². The summed E-state index contributed by atoms with van der Waals surface area (Å²) >= 11 is 0. The number of amides is 1. The zero-order chi connectivity index (χ0) is 11.5. The smallest absolute Gasteiger partial charge is 0.225 e. The standard InChI is InChI=1S/C12H24N2O/c1-4-12(2,3)11(15)14-8-9-5-6-10(13)7-9/h9-10H,4-8,13H2,1-3H3,(H,14,15). The third-order valence-corrected chi connectivity index (χ3v) is 3.63. The van der Waals surface area contributed by atoms with E-state index in [1.807, 2.05) is 20.8 Å². The van der Waals surface area contributed by atoms with E-state index in [0.29, 0.717) is 12.0 Å². The lowest BCUT2D eigenvalue weighted by Crippen LogP contribution is -2.38. The first-order chi connectivity index (χ1) is 6.95. The fourth-order valence-corrected chi connectivity index (χ4v) is 1.94. The second kappa shape index (κ2) is 4.97. The van der Waals surface area contributed by atoms with Crippen molar-refractivity contribution in [3.8, 4) is 0 Å². The average molecular weight is 212 g/mol. The molecule has 1 fully saturated rings. The largest absolute Gasteiger partial charge is 0.355 e. The van der Waals surface area contributed by atoms with Gasteiger partial charge in [0, 0.05) is 18.0 Å². The molecule has 0 saturated heterocycles. The maximum absolute atomic E-state index is 11.8. The van der Waals surface area contributed by atoms with E-state index >= 15 is 0 Å². The van der Waals surface area contributed by atoms with E-state index in [9.17, 15) is 4.79 Å². The van der Waals surface area contributed by atoms with Crippen molar-refractivity contribution in [2.75, 3.05) is 6.54 Å². The maximum atomic E-state index is 11.8. The normalized spacial score (nSPS) is 26.7. The summed E-state index contributed by atoms with van der Waals surface area (Å²) in [5.74, 6) is 0.766. The quantitative estimate of drug-likeness (QED) is 0.744. The molecule has 2 atom stereocenters. The van der Waals surface area contributed by atoms with Gasteiger partial charge in [0.15, 0.2) is 0 Å². The van der Waals surface area contributed by atoms with Crippen molar-refractivity contribution in [1.29, 1.82) is 0 Å². The first-order valence-electron chi connectivity index (χ1n) is 5.99. The molecule has 3 N–H and O–H groups in total. The van der Waals surface area contributed by atoms with Crippen LogP contribution in [-0.2, 0) is 4.79 Å². The van der Waals surface area contributed by atoms with Crippen molar-refractivity contribution >= 4 is 5.91 Å². The molecule has 0 aromatic carbocycles. The van der Waals surface area contributed by atoms with Crippen molar-refractivity contribution in [2.45, 2.75) is 52.5 Å². The van der Waals surface area contributed by atoms with Gasteiger partial charge in [-0.1, -0.05) is 20.8 Å². The fourth-order valence-electron chi connectivity index (χ4n) is 1.94. The number of carbonyl (C=O) groups excluding carboxylic acids is 1. The van der Waals surface area contributed by atoms with Gasteiger partial charge in [-0.05, 0) is 31.6 Å². The van der Waals surface area contributed by atoms with Gasteiger partial charge < -0.3 is 11.1 Å². The Morgan fingerprint density at radius 2 is 2.13 bits per heavy atom. The molecule has 1 aliphatic carbocycles. The van der Waals surface area contributed by atoms with Crippen LogP contribution in [0.15, 0.2) is 0 Å². The van der Waals surface area contributed by atoms with Gasteiger partial charge in [0.05, 0.1) is 0 Å². The van der Waals surface area contributed by atoms with Crippen molar-refractivity contribution in [2.24, 2.45) is 17.1 Å². The lowest BCUT2D eigenvalue weighted by Gasteiger charge is -2.22. The molecule has 88 valence electrons. The molecule has 15 heavy (non-hydrogen) atoms. The number of hydrogen-bond acceptors (Lipinski definition) is 2. The molecule has 0 heterocycles. The molecule has 0 spiro atoms. The molecule has 0 radical (unpaired) electrons. The van der Waals surface area contributed by atoms with Gasteiger partial charge in [0.25, 0.3) is 0 Å². The molecular formula is C12H24N2O. The van der Waals surface area contributed by atoms with Gasteiger partial charge in [0.1, 0.15) is 0 Å². The van der Waals surface area contributed by atoms with E-state index in [0.717, 1.165) is 32.2 Å². The third-order valence-electron chi connectivity index (χ3n) is 3.63. The third kappa shape index (κ3) is 3.49. The number of hydrogen-bond donors (Lipinski definition) is 2. The Balaban J connectivity index is 2.28. The number of nitrogens with two attached hydrogens (primary N) is 1. The first kappa shape index (κ1) is 12.5. The number of rotatable bonds is 4. The highest BCUT2D eigenvalue weighted by atomic mass is 16.2. The molecule has 0 aromatic rings. The van der Waals surface area contributed by atoms with E-state index in [1.54, 1.807) is 0 Å². The molecule has 0 aromatic heterocycles. The lowest BCUT2D eigenvalue weighted by atomic mass is 9.89. The van der Waals surface area contributed by atoms with E-state index in [2.05, 4.69) is 5.32 Å². The van der Waals surface area contributed by atoms with Crippen LogP contribution in [0.1, 0.15) is 46.5 Å². The van der Waals surface area contributed by atoms with Gasteiger partial charge >= 0.3 is 0 Å². The van der Waals surface area contributed by atoms with E-state index in [-0.39, 0.29) is 11.3 Å². The zero-order valence-electron chi connectivity index (χ0n) is 10.2. The second-order valence-corrected chi connectivity index (χ2v) is 5.39. The minimum absolute atomic E-state index is 0.172. The average Bonchev–Trinajstić information content (AvgIpc) is 2.60. The molecule has 1 saturated carbocycles. The highest BCUT2D eigenvalue weighted by Gasteiger charge is 2.27. The van der Waals surface area contributed by atoms with Crippen molar-refractivity contribution in [1.82, 2.24) is 5.32 Å². The molecule has 1 amide bonds. The second-order valence-electron chi connectivity index (χ2n) is 5.39. The monoisotopic (exact) mass is 212 g/mol. The zero-order valence-corrected chi connectivity index (χ0v) is 10.2. The fraction of sp³-hybridized carbons (Fsp3) is 0.917. The predicted octanol–water partition coefficient (Wildman–Crippen LogP) is 1.67. The number of carbonyl (C=O) groups is 1. The highest BCUT2D eigenvalue weighted by molar-refractivity contribution is 5.81. The summed E-state index contributed by atoms with van der Waals surface area (Å²) in [5.41, 5.74) is 5.60. The van der Waals surface area contributed by atoms with Crippen molar-refractivity contribution < 1.29 is 4.79 Å². The minimum atomic E-state index is -0.235. The molecule has 3 heteroatoms. The van der Waals surface area contributed by atoms with Gasteiger partial charge in [-0.25, -0.2) is 0 Å². The molecular weight excluding hydrogens is 188 g/mol. The lowest BCUT2D eigenvalue weighted by molar-refractivity contribution is -0.129. The summed E-state index contributed by atoms with van der Waals surface area (Å²) in [6, 6.07) is 0.353. The van der Waals surface area contributed by atoms with Crippen LogP contribution in [0.25, 0.3) is 0 Å². The molecule has 1 aliphatic rings. The van der Waals surface area contributed by atoms with Gasteiger partial charge in [-0.15, -0.1) is 0 Å². The van der Waals surface area contributed by atoms with Gasteiger partial charge in [-0.2, -0.15) is 0 Å². The van der Waals surface area contributed by atoms with Crippen LogP contribution in [-0.4, -0.2) is 18.5 Å². The summed E-state index contributed by atoms with van der Waals surface area (Å²) < 4.78 is 0. The van der Waals surface area contributed by atoms with Crippen LogP contribution in [0.4, 0.5) is 0 Å². The van der Waals surface area contributed by atoms with Gasteiger partial charge in [0.2, 0.25) is 5.91 Å². The van der Waals surface area contributed by atoms with Crippen LogP contribution in [0, 0.1) is 11.3 Å². The summed E-state index contributed by atoms with van der Waals surface area (Å²) in [4.78, 5) is 11.8.